The van der Waals surface area contributed by atoms with Crippen molar-refractivity contribution in [3.8, 4) is 11.1 Å². The zero-order valence-corrected chi connectivity index (χ0v) is 26.3. The molecule has 42 heavy (non-hydrogen) atoms. The summed E-state index contributed by atoms with van der Waals surface area (Å²) in [6.45, 7) is 13.5. The quantitative estimate of drug-likeness (QED) is 0.102. The highest BCUT2D eigenvalue weighted by Gasteiger charge is 2.36. The van der Waals surface area contributed by atoms with Gasteiger partial charge in [0.1, 0.15) is 17.7 Å². The number of fused-ring (bicyclic) bond motifs is 2. The van der Waals surface area contributed by atoms with Gasteiger partial charge in [-0.3, -0.25) is 4.79 Å². The zero-order valence-electron chi connectivity index (χ0n) is 25.4. The highest BCUT2D eigenvalue weighted by molar-refractivity contribution is 7.85. The molecule has 1 unspecified atom stereocenters. The molecule has 9 nitrogen and oxygen atoms in total. The molecule has 0 bridgehead atoms. The minimum Gasteiger partial charge on any atom is -0.748 e. The Morgan fingerprint density at radius 1 is 1.14 bits per heavy atom. The van der Waals surface area contributed by atoms with Crippen molar-refractivity contribution < 1.29 is 31.5 Å². The van der Waals surface area contributed by atoms with E-state index in [1.807, 2.05) is 62.0 Å². The van der Waals surface area contributed by atoms with Gasteiger partial charge in [0.05, 0.1) is 15.7 Å². The van der Waals surface area contributed by atoms with E-state index in [1.54, 1.807) is 0 Å². The SMILES string of the molecule is CC1CC(C)(C)N(CCCC(=O)OC(C)(C)C)c2cc3oc(=O)c(-c4cc[n+](CCCCS(=O)(=O)[O-])cc4)cc3cc21. The fourth-order valence-electron chi connectivity index (χ4n) is 5.86. The van der Waals surface area contributed by atoms with Crippen LogP contribution in [0.5, 0.6) is 0 Å². The monoisotopic (exact) mass is 598 g/mol. The predicted octanol–water partition coefficient (Wildman–Crippen LogP) is 5.29. The lowest BCUT2D eigenvalue weighted by Crippen LogP contribution is -2.48. The molecule has 1 aliphatic rings. The van der Waals surface area contributed by atoms with Crippen LogP contribution in [0.15, 0.2) is 51.9 Å². The van der Waals surface area contributed by atoms with Crippen LogP contribution in [-0.2, 0) is 26.2 Å². The lowest BCUT2D eigenvalue weighted by molar-refractivity contribution is -0.697. The van der Waals surface area contributed by atoms with Crippen LogP contribution in [0.3, 0.4) is 0 Å². The van der Waals surface area contributed by atoms with E-state index in [0.29, 0.717) is 55.8 Å². The first-order valence-electron chi connectivity index (χ1n) is 14.6. The van der Waals surface area contributed by atoms with E-state index in [1.165, 1.54) is 5.56 Å². The number of carbonyl (C=O) groups excluding carboxylic acids is 1. The van der Waals surface area contributed by atoms with Gasteiger partial charge in [-0.1, -0.05) is 6.92 Å². The Morgan fingerprint density at radius 2 is 1.83 bits per heavy atom. The number of carbonyl (C=O) groups is 1. The third-order valence-electron chi connectivity index (χ3n) is 7.69. The number of nitrogens with zero attached hydrogens (tertiary/aromatic N) is 2. The number of hydrogen-bond acceptors (Lipinski definition) is 8. The Balaban J connectivity index is 1.56. The highest BCUT2D eigenvalue weighted by Crippen LogP contribution is 2.45. The van der Waals surface area contributed by atoms with Gasteiger partial charge < -0.3 is 18.6 Å². The summed E-state index contributed by atoms with van der Waals surface area (Å²) in [6, 6.07) is 9.61. The fourth-order valence-corrected chi connectivity index (χ4v) is 6.41. The van der Waals surface area contributed by atoms with Gasteiger partial charge >= 0.3 is 11.6 Å². The molecule has 0 spiro atoms. The molecule has 0 saturated heterocycles. The minimum atomic E-state index is -4.20. The molecule has 10 heteroatoms. The first-order chi connectivity index (χ1) is 19.5. The van der Waals surface area contributed by atoms with Crippen molar-refractivity contribution in [1.82, 2.24) is 0 Å². The summed E-state index contributed by atoms with van der Waals surface area (Å²) in [5.41, 5.74) is 2.83. The summed E-state index contributed by atoms with van der Waals surface area (Å²) in [6.07, 6.45) is 6.45. The molecular weight excluding hydrogens is 556 g/mol. The van der Waals surface area contributed by atoms with E-state index in [4.69, 9.17) is 9.15 Å². The van der Waals surface area contributed by atoms with E-state index in [9.17, 15) is 22.6 Å². The van der Waals surface area contributed by atoms with Crippen LogP contribution in [0, 0.1) is 0 Å². The lowest BCUT2D eigenvalue weighted by atomic mass is 9.79. The summed E-state index contributed by atoms with van der Waals surface area (Å²) in [5, 5.41) is 0.846. The number of pyridine rings is 1. The van der Waals surface area contributed by atoms with E-state index < -0.39 is 21.3 Å². The number of anilines is 1. The van der Waals surface area contributed by atoms with E-state index in [2.05, 4.69) is 31.7 Å². The molecule has 228 valence electrons. The lowest BCUT2D eigenvalue weighted by Gasteiger charge is -2.47. The van der Waals surface area contributed by atoms with Crippen molar-refractivity contribution in [3.63, 3.8) is 0 Å². The molecule has 1 atom stereocenters. The van der Waals surface area contributed by atoms with Crippen LogP contribution in [0.2, 0.25) is 0 Å². The molecule has 1 aliphatic heterocycles. The average Bonchev–Trinajstić information content (AvgIpc) is 2.86. The Hall–Kier alpha value is -3.24. The van der Waals surface area contributed by atoms with Gasteiger partial charge in [-0.25, -0.2) is 17.8 Å². The van der Waals surface area contributed by atoms with Gasteiger partial charge in [0.2, 0.25) is 0 Å². The van der Waals surface area contributed by atoms with Crippen LogP contribution in [0.4, 0.5) is 5.69 Å². The molecule has 1 aromatic carbocycles. The van der Waals surface area contributed by atoms with Crippen molar-refractivity contribution in [3.05, 3.63) is 58.7 Å². The normalized spacial score (nSPS) is 16.8. The van der Waals surface area contributed by atoms with E-state index >= 15 is 0 Å². The number of unbranched alkanes of at least 4 members (excludes halogenated alkanes) is 1. The van der Waals surface area contributed by atoms with Crippen molar-refractivity contribution in [2.75, 3.05) is 17.2 Å². The number of aryl methyl sites for hydroxylation is 1. The Bertz CT molecular complexity index is 1600. The van der Waals surface area contributed by atoms with E-state index in [-0.39, 0.29) is 17.3 Å². The minimum absolute atomic E-state index is 0.142. The molecule has 0 fully saturated rings. The third kappa shape index (κ3) is 7.98. The van der Waals surface area contributed by atoms with Crippen molar-refractivity contribution in [2.24, 2.45) is 0 Å². The molecular formula is C32H42N2O7S. The molecule has 0 saturated carbocycles. The van der Waals surface area contributed by atoms with Gasteiger partial charge in [0.15, 0.2) is 12.4 Å². The van der Waals surface area contributed by atoms with Crippen molar-refractivity contribution >= 4 is 32.7 Å². The maximum Gasteiger partial charge on any atom is 0.344 e. The third-order valence-corrected chi connectivity index (χ3v) is 8.47. The second-order valence-electron chi connectivity index (χ2n) is 12.9. The maximum absolute atomic E-state index is 13.1. The molecule has 3 aromatic rings. The zero-order chi connectivity index (χ0) is 30.9. The van der Waals surface area contributed by atoms with Gasteiger partial charge in [0, 0.05) is 65.5 Å². The van der Waals surface area contributed by atoms with E-state index in [0.717, 1.165) is 23.1 Å². The molecule has 0 amide bonds. The summed E-state index contributed by atoms with van der Waals surface area (Å²) >= 11 is 0. The molecule has 0 N–H and O–H groups in total. The first kappa shape index (κ1) is 31.7. The van der Waals surface area contributed by atoms with Crippen molar-refractivity contribution in [1.29, 1.82) is 0 Å². The summed E-state index contributed by atoms with van der Waals surface area (Å²) in [4.78, 5) is 27.7. The largest absolute Gasteiger partial charge is 0.748 e. The second-order valence-corrected chi connectivity index (χ2v) is 14.5. The fraction of sp³-hybridized carbons (Fsp3) is 0.531. The second kappa shape index (κ2) is 12.2. The predicted molar refractivity (Wildman–Crippen MR) is 161 cm³/mol. The van der Waals surface area contributed by atoms with Gasteiger partial charge in [-0.2, -0.15) is 0 Å². The maximum atomic E-state index is 13.1. The Kier molecular flexibility index (Phi) is 9.18. The molecule has 3 heterocycles. The van der Waals surface area contributed by atoms with Crippen molar-refractivity contribution in [2.45, 2.75) is 97.2 Å². The molecule has 4 rings (SSSR count). The molecule has 0 aliphatic carbocycles. The highest BCUT2D eigenvalue weighted by atomic mass is 32.2. The van der Waals surface area contributed by atoms with Gasteiger partial charge in [-0.05, 0) is 77.5 Å². The number of ether oxygens (including phenoxy) is 1. The smallest absolute Gasteiger partial charge is 0.344 e. The van der Waals surface area contributed by atoms with Crippen LogP contribution >= 0.6 is 0 Å². The summed E-state index contributed by atoms with van der Waals surface area (Å²) < 4.78 is 45.6. The first-order valence-corrected chi connectivity index (χ1v) is 16.1. The van der Waals surface area contributed by atoms with Gasteiger partial charge in [-0.15, -0.1) is 0 Å². The van der Waals surface area contributed by atoms with Gasteiger partial charge in [0.25, 0.3) is 0 Å². The molecule has 0 radical (unpaired) electrons. The topological polar surface area (TPSA) is 121 Å². The van der Waals surface area contributed by atoms with Crippen LogP contribution in [0.25, 0.3) is 22.1 Å². The number of hydrogen-bond donors (Lipinski definition) is 0. The number of benzene rings is 1. The standard InChI is InChI=1S/C32H42N2O7S/c1-22-21-32(5,6)34(14-9-10-29(35)41-31(2,3)4)27-20-28-24(18-25(22)27)19-26(30(36)40-28)23-11-15-33(16-12-23)13-7-8-17-42(37,38)39/h11-12,15-16,18-20,22H,7-10,13-14,17,21H2,1-6H3. The number of rotatable bonds is 10. The number of aromatic nitrogens is 1. The molecule has 2 aromatic heterocycles. The number of esters is 1. The Morgan fingerprint density at radius 3 is 2.48 bits per heavy atom. The Labute approximate surface area is 248 Å². The van der Waals surface area contributed by atoms with Crippen LogP contribution in [0.1, 0.15) is 85.1 Å². The van der Waals surface area contributed by atoms with Crippen LogP contribution in [-0.4, -0.2) is 42.4 Å². The summed E-state index contributed by atoms with van der Waals surface area (Å²) in [5.74, 6) is -0.277. The van der Waals surface area contributed by atoms with Crippen LogP contribution < -0.4 is 15.1 Å². The average molecular weight is 599 g/mol. The summed E-state index contributed by atoms with van der Waals surface area (Å²) in [7, 11) is -4.20.